The summed E-state index contributed by atoms with van der Waals surface area (Å²) in [4.78, 5) is 11.6. The maximum absolute atomic E-state index is 11.6. The Morgan fingerprint density at radius 3 is 2.71 bits per heavy atom. The van der Waals surface area contributed by atoms with E-state index in [-0.39, 0.29) is 12.0 Å². The van der Waals surface area contributed by atoms with Crippen LogP contribution in [0.3, 0.4) is 0 Å². The predicted molar refractivity (Wildman–Crippen MR) is 94.4 cm³/mol. The molecular formula is C19H19ClN2O2. The molecule has 2 aliphatic heterocycles. The summed E-state index contributed by atoms with van der Waals surface area (Å²) >= 11 is 6.18. The van der Waals surface area contributed by atoms with Crippen LogP contribution in [0.4, 0.5) is 5.69 Å². The van der Waals surface area contributed by atoms with E-state index >= 15 is 0 Å². The smallest absolute Gasteiger partial charge is 0.337 e. The Bertz CT molecular complexity index is 775. The summed E-state index contributed by atoms with van der Waals surface area (Å²) in [6, 6.07) is 14.2. The van der Waals surface area contributed by atoms with E-state index in [1.807, 2.05) is 36.4 Å². The molecule has 0 amide bonds. The Balaban J connectivity index is 1.68. The van der Waals surface area contributed by atoms with Gasteiger partial charge in [0.15, 0.2) is 0 Å². The van der Waals surface area contributed by atoms with E-state index < -0.39 is 0 Å². The summed E-state index contributed by atoms with van der Waals surface area (Å²) in [7, 11) is 1.40. The maximum Gasteiger partial charge on any atom is 0.337 e. The fraction of sp³-hybridized carbons (Fsp3) is 0.316. The number of esters is 1. The molecule has 0 bridgehead atoms. The lowest BCUT2D eigenvalue weighted by Crippen LogP contribution is -2.32. The third-order valence-electron chi connectivity index (χ3n) is 5.05. The van der Waals surface area contributed by atoms with Crippen molar-refractivity contribution in [3.63, 3.8) is 0 Å². The molecule has 2 heterocycles. The molecule has 0 unspecified atom stereocenters. The Morgan fingerprint density at radius 1 is 1.17 bits per heavy atom. The van der Waals surface area contributed by atoms with Gasteiger partial charge in [0.2, 0.25) is 0 Å². The lowest BCUT2D eigenvalue weighted by Gasteiger charge is -2.37. The fourth-order valence-corrected chi connectivity index (χ4v) is 4.08. The fourth-order valence-electron chi connectivity index (χ4n) is 3.90. The normalized spacial score (nSPS) is 24.7. The monoisotopic (exact) mass is 342 g/mol. The molecule has 2 N–H and O–H groups in total. The molecule has 0 aliphatic carbocycles. The molecule has 1 fully saturated rings. The van der Waals surface area contributed by atoms with Gasteiger partial charge in [-0.2, -0.15) is 0 Å². The lowest BCUT2D eigenvalue weighted by molar-refractivity contribution is 0.0600. The van der Waals surface area contributed by atoms with E-state index in [0.717, 1.165) is 23.7 Å². The molecule has 0 saturated carbocycles. The second-order valence-corrected chi connectivity index (χ2v) is 6.79. The number of hydrogen-bond acceptors (Lipinski definition) is 4. The van der Waals surface area contributed by atoms with Crippen LogP contribution in [0.1, 0.15) is 40.0 Å². The molecule has 3 atom stereocenters. The van der Waals surface area contributed by atoms with Crippen molar-refractivity contribution < 1.29 is 9.53 Å². The van der Waals surface area contributed by atoms with Gasteiger partial charge in [-0.3, -0.25) is 0 Å². The highest BCUT2D eigenvalue weighted by atomic mass is 35.5. The number of carbonyl (C=O) groups is 1. The second kappa shape index (κ2) is 6.11. The van der Waals surface area contributed by atoms with E-state index in [2.05, 4.69) is 16.7 Å². The standard InChI is InChI=1S/C19H19ClN2O2/c1-24-19(23)12-4-2-11(3-5-12)17-14-8-9-21-18(14)15-10-13(20)6-7-16(15)22-17/h2-7,10,14,17-18,21-22H,8-9H2,1H3/t14-,17+,18+/m0/s1. The minimum atomic E-state index is -0.307. The van der Waals surface area contributed by atoms with Crippen molar-refractivity contribution in [3.05, 3.63) is 64.2 Å². The van der Waals surface area contributed by atoms with Crippen molar-refractivity contribution in [2.45, 2.75) is 18.5 Å². The average Bonchev–Trinajstić information content (AvgIpc) is 3.11. The average molecular weight is 343 g/mol. The first-order valence-corrected chi connectivity index (χ1v) is 8.53. The van der Waals surface area contributed by atoms with Gasteiger partial charge in [-0.05, 0) is 54.4 Å². The number of hydrogen-bond donors (Lipinski definition) is 2. The van der Waals surface area contributed by atoms with Crippen molar-refractivity contribution in [1.82, 2.24) is 5.32 Å². The molecule has 1 saturated heterocycles. The molecule has 24 heavy (non-hydrogen) atoms. The Hall–Kier alpha value is -2.04. The zero-order chi connectivity index (χ0) is 16.7. The summed E-state index contributed by atoms with van der Waals surface area (Å²) < 4.78 is 4.77. The van der Waals surface area contributed by atoms with Gasteiger partial charge in [0.1, 0.15) is 0 Å². The van der Waals surface area contributed by atoms with Gasteiger partial charge >= 0.3 is 5.97 Å². The maximum atomic E-state index is 11.6. The molecule has 124 valence electrons. The number of fused-ring (bicyclic) bond motifs is 3. The Morgan fingerprint density at radius 2 is 1.96 bits per heavy atom. The third kappa shape index (κ3) is 2.56. The van der Waals surface area contributed by atoms with Gasteiger partial charge < -0.3 is 15.4 Å². The quantitative estimate of drug-likeness (QED) is 0.811. The van der Waals surface area contributed by atoms with Crippen molar-refractivity contribution in [2.75, 3.05) is 19.0 Å². The van der Waals surface area contributed by atoms with Gasteiger partial charge in [0, 0.05) is 22.7 Å². The summed E-state index contributed by atoms with van der Waals surface area (Å²) in [6.07, 6.45) is 1.10. The zero-order valence-electron chi connectivity index (χ0n) is 13.4. The van der Waals surface area contributed by atoms with Crippen molar-refractivity contribution in [1.29, 1.82) is 0 Å². The van der Waals surface area contributed by atoms with E-state index in [0.29, 0.717) is 17.5 Å². The molecule has 2 aromatic carbocycles. The first-order valence-electron chi connectivity index (χ1n) is 8.15. The molecule has 5 heteroatoms. The molecule has 2 aliphatic rings. The summed E-state index contributed by atoms with van der Waals surface area (Å²) in [5.41, 5.74) is 4.12. The van der Waals surface area contributed by atoms with Crippen LogP contribution in [0.5, 0.6) is 0 Å². The highest BCUT2D eigenvalue weighted by molar-refractivity contribution is 6.30. The number of anilines is 1. The third-order valence-corrected chi connectivity index (χ3v) is 5.28. The number of benzene rings is 2. The number of ether oxygens (including phenoxy) is 1. The van der Waals surface area contributed by atoms with Crippen molar-refractivity contribution in [2.24, 2.45) is 5.92 Å². The largest absolute Gasteiger partial charge is 0.465 e. The number of nitrogens with one attached hydrogen (secondary N) is 2. The SMILES string of the molecule is COC(=O)c1ccc([C@H]2Nc3ccc(Cl)cc3[C@@H]3NCC[C@@H]23)cc1. The van der Waals surface area contributed by atoms with Crippen LogP contribution in [0, 0.1) is 5.92 Å². The molecule has 0 aromatic heterocycles. The Labute approximate surface area is 146 Å². The van der Waals surface area contributed by atoms with Crippen LogP contribution < -0.4 is 10.6 Å². The molecule has 4 rings (SSSR count). The highest BCUT2D eigenvalue weighted by Crippen LogP contribution is 2.47. The number of halogens is 1. The van der Waals surface area contributed by atoms with Gasteiger partial charge in [0.25, 0.3) is 0 Å². The highest BCUT2D eigenvalue weighted by Gasteiger charge is 2.40. The summed E-state index contributed by atoms with van der Waals surface area (Å²) in [5.74, 6) is 0.151. The molecule has 0 radical (unpaired) electrons. The second-order valence-electron chi connectivity index (χ2n) is 6.35. The summed E-state index contributed by atoms with van der Waals surface area (Å²) in [5, 5.41) is 8.03. The zero-order valence-corrected chi connectivity index (χ0v) is 14.1. The van der Waals surface area contributed by atoms with Gasteiger partial charge in [-0.1, -0.05) is 23.7 Å². The van der Waals surface area contributed by atoms with E-state index in [4.69, 9.17) is 16.3 Å². The number of methoxy groups -OCH3 is 1. The van der Waals surface area contributed by atoms with E-state index in [9.17, 15) is 4.79 Å². The van der Waals surface area contributed by atoms with Crippen LogP contribution in [0.15, 0.2) is 42.5 Å². The van der Waals surface area contributed by atoms with Crippen LogP contribution in [-0.2, 0) is 4.74 Å². The Kier molecular flexibility index (Phi) is 3.94. The minimum absolute atomic E-state index is 0.213. The predicted octanol–water partition coefficient (Wildman–Crippen LogP) is 3.94. The molecule has 2 aromatic rings. The van der Waals surface area contributed by atoms with Gasteiger partial charge in [-0.25, -0.2) is 4.79 Å². The van der Waals surface area contributed by atoms with Crippen LogP contribution in [-0.4, -0.2) is 19.6 Å². The van der Waals surface area contributed by atoms with Gasteiger partial charge in [-0.15, -0.1) is 0 Å². The first kappa shape index (κ1) is 15.5. The van der Waals surface area contributed by atoms with Gasteiger partial charge in [0.05, 0.1) is 18.7 Å². The van der Waals surface area contributed by atoms with Crippen LogP contribution in [0.25, 0.3) is 0 Å². The lowest BCUT2D eigenvalue weighted by atomic mass is 9.80. The number of carbonyl (C=O) groups excluding carboxylic acids is 1. The topological polar surface area (TPSA) is 50.4 Å². The van der Waals surface area contributed by atoms with Crippen molar-refractivity contribution >= 4 is 23.3 Å². The molecule has 4 nitrogen and oxygen atoms in total. The summed E-state index contributed by atoms with van der Waals surface area (Å²) in [6.45, 7) is 1.000. The first-order chi connectivity index (χ1) is 11.7. The van der Waals surface area contributed by atoms with E-state index in [1.54, 1.807) is 0 Å². The number of rotatable bonds is 2. The van der Waals surface area contributed by atoms with Crippen LogP contribution in [0.2, 0.25) is 5.02 Å². The van der Waals surface area contributed by atoms with E-state index in [1.165, 1.54) is 18.2 Å². The molecular weight excluding hydrogens is 324 g/mol. The van der Waals surface area contributed by atoms with Crippen LogP contribution >= 0.6 is 11.6 Å². The minimum Gasteiger partial charge on any atom is -0.465 e. The van der Waals surface area contributed by atoms with Crippen molar-refractivity contribution in [3.8, 4) is 0 Å². The molecule has 0 spiro atoms.